The largest absolute Gasteiger partial charge is 0.461 e. The molecule has 0 aromatic rings. The lowest BCUT2D eigenvalue weighted by atomic mass is 10.0. The molecular formula is C14H23N3O4. The van der Waals surface area contributed by atoms with E-state index >= 15 is 0 Å². The number of esters is 1. The number of hydrogen-bond acceptors (Lipinski definition) is 6. The second kappa shape index (κ2) is 7.10. The van der Waals surface area contributed by atoms with Crippen molar-refractivity contribution in [3.63, 3.8) is 0 Å². The zero-order chi connectivity index (χ0) is 16.0. The quantitative estimate of drug-likeness (QED) is 0.368. The number of nitrogens with zero attached hydrogens (tertiary/aromatic N) is 2. The molecular weight excluding hydrogens is 274 g/mol. The normalized spacial score (nSPS) is 16.3. The van der Waals surface area contributed by atoms with Gasteiger partial charge in [-0.1, -0.05) is 6.08 Å². The lowest BCUT2D eigenvalue weighted by Gasteiger charge is -2.29. The summed E-state index contributed by atoms with van der Waals surface area (Å²) in [5.41, 5.74) is 0.270. The molecule has 0 unspecified atom stereocenters. The van der Waals surface area contributed by atoms with Crippen LogP contribution in [0.15, 0.2) is 16.8 Å². The summed E-state index contributed by atoms with van der Waals surface area (Å²) in [6.07, 6.45) is 1.85. The minimum Gasteiger partial charge on any atom is -0.461 e. The summed E-state index contributed by atoms with van der Waals surface area (Å²) in [6, 6.07) is 0. The molecule has 0 bridgehead atoms. The van der Waals surface area contributed by atoms with Crippen LogP contribution in [0.25, 0.3) is 0 Å². The zero-order valence-electron chi connectivity index (χ0n) is 13.0. The van der Waals surface area contributed by atoms with E-state index < -0.39 is 11.6 Å². The number of nitrogens with two attached hydrogens (primary N) is 1. The minimum absolute atomic E-state index is 0.112. The van der Waals surface area contributed by atoms with E-state index in [1.54, 1.807) is 17.9 Å². The highest BCUT2D eigenvalue weighted by molar-refractivity contribution is 6.43. The van der Waals surface area contributed by atoms with Gasteiger partial charge < -0.3 is 20.2 Å². The Morgan fingerprint density at radius 3 is 2.52 bits per heavy atom. The standard InChI is InChI=1S/C14H23N3O4/c1-5-20-12(18)11(16-15)10-6-8-17(9-7-10)13(19)21-14(2,3)4/h6H,5,7-9,15H2,1-4H3. The Morgan fingerprint density at radius 2 is 2.10 bits per heavy atom. The van der Waals surface area contributed by atoms with Crippen LogP contribution in [-0.4, -0.2) is 48.0 Å². The summed E-state index contributed by atoms with van der Waals surface area (Å²) in [6.45, 7) is 8.21. The molecule has 0 saturated carbocycles. The summed E-state index contributed by atoms with van der Waals surface area (Å²) >= 11 is 0. The second-order valence-corrected chi connectivity index (χ2v) is 5.60. The van der Waals surface area contributed by atoms with Gasteiger partial charge in [-0.25, -0.2) is 9.59 Å². The van der Waals surface area contributed by atoms with Crippen molar-refractivity contribution < 1.29 is 19.1 Å². The number of amides is 1. The Bertz CT molecular complexity index is 463. The van der Waals surface area contributed by atoms with Crippen LogP contribution >= 0.6 is 0 Å². The highest BCUT2D eigenvalue weighted by Gasteiger charge is 2.26. The van der Waals surface area contributed by atoms with Crippen molar-refractivity contribution in [3.8, 4) is 0 Å². The van der Waals surface area contributed by atoms with Gasteiger partial charge in [0.05, 0.1) is 6.61 Å². The van der Waals surface area contributed by atoms with Crippen molar-refractivity contribution in [1.29, 1.82) is 0 Å². The number of carbonyl (C=O) groups excluding carboxylic acids is 2. The van der Waals surface area contributed by atoms with Crippen LogP contribution in [0, 0.1) is 0 Å². The summed E-state index contributed by atoms with van der Waals surface area (Å²) < 4.78 is 10.2. The summed E-state index contributed by atoms with van der Waals surface area (Å²) in [5, 5.41) is 3.50. The summed E-state index contributed by atoms with van der Waals surface area (Å²) in [5.74, 6) is 4.71. The maximum absolute atomic E-state index is 11.9. The molecule has 1 aliphatic heterocycles. The fourth-order valence-corrected chi connectivity index (χ4v) is 1.84. The van der Waals surface area contributed by atoms with Crippen molar-refractivity contribution in [2.45, 2.75) is 39.7 Å². The molecule has 7 nitrogen and oxygen atoms in total. The van der Waals surface area contributed by atoms with E-state index in [0.717, 1.165) is 0 Å². The van der Waals surface area contributed by atoms with Gasteiger partial charge in [0.1, 0.15) is 5.60 Å². The van der Waals surface area contributed by atoms with E-state index in [-0.39, 0.29) is 18.4 Å². The van der Waals surface area contributed by atoms with Gasteiger partial charge in [-0.15, -0.1) is 0 Å². The van der Waals surface area contributed by atoms with Crippen LogP contribution in [-0.2, 0) is 14.3 Å². The molecule has 7 heteroatoms. The van der Waals surface area contributed by atoms with E-state index in [2.05, 4.69) is 5.10 Å². The minimum atomic E-state index is -0.544. The number of carbonyl (C=O) groups is 2. The Kier molecular flexibility index (Phi) is 5.75. The maximum atomic E-state index is 11.9. The van der Waals surface area contributed by atoms with E-state index in [0.29, 0.717) is 25.1 Å². The molecule has 1 rings (SSSR count). The molecule has 1 amide bonds. The van der Waals surface area contributed by atoms with Gasteiger partial charge in [-0.3, -0.25) is 0 Å². The first-order valence-electron chi connectivity index (χ1n) is 6.90. The average Bonchev–Trinajstić information content (AvgIpc) is 2.38. The molecule has 0 aromatic carbocycles. The highest BCUT2D eigenvalue weighted by Crippen LogP contribution is 2.16. The Labute approximate surface area is 124 Å². The van der Waals surface area contributed by atoms with Crippen LogP contribution in [0.1, 0.15) is 34.1 Å². The van der Waals surface area contributed by atoms with Crippen molar-refractivity contribution in [2.24, 2.45) is 10.9 Å². The van der Waals surface area contributed by atoms with Crippen LogP contribution < -0.4 is 5.84 Å². The molecule has 21 heavy (non-hydrogen) atoms. The second-order valence-electron chi connectivity index (χ2n) is 5.60. The summed E-state index contributed by atoms with van der Waals surface area (Å²) in [4.78, 5) is 25.2. The van der Waals surface area contributed by atoms with Gasteiger partial charge in [0.25, 0.3) is 0 Å². The first kappa shape index (κ1) is 17.0. The highest BCUT2D eigenvalue weighted by atomic mass is 16.6. The van der Waals surface area contributed by atoms with Crippen molar-refractivity contribution in [3.05, 3.63) is 11.6 Å². The van der Waals surface area contributed by atoms with E-state index in [1.807, 2.05) is 20.8 Å². The SMILES string of the molecule is CCOC(=O)C(=NN)C1=CCN(C(=O)OC(C)(C)C)CC1. The van der Waals surface area contributed by atoms with E-state index in [1.165, 1.54) is 0 Å². The van der Waals surface area contributed by atoms with Crippen LogP contribution in [0.4, 0.5) is 4.79 Å². The zero-order valence-corrected chi connectivity index (χ0v) is 13.0. The third-order valence-electron chi connectivity index (χ3n) is 2.76. The molecule has 0 saturated heterocycles. The Morgan fingerprint density at radius 1 is 1.43 bits per heavy atom. The van der Waals surface area contributed by atoms with Gasteiger partial charge in [-0.2, -0.15) is 5.10 Å². The van der Waals surface area contributed by atoms with Gasteiger partial charge in [0.2, 0.25) is 0 Å². The molecule has 0 spiro atoms. The van der Waals surface area contributed by atoms with Crippen LogP contribution in [0.2, 0.25) is 0 Å². The molecule has 1 heterocycles. The predicted octanol–water partition coefficient (Wildman–Crippen LogP) is 1.43. The average molecular weight is 297 g/mol. The van der Waals surface area contributed by atoms with E-state index in [4.69, 9.17) is 15.3 Å². The fourth-order valence-electron chi connectivity index (χ4n) is 1.84. The molecule has 1 aliphatic rings. The van der Waals surface area contributed by atoms with Gasteiger partial charge in [0, 0.05) is 13.1 Å². The summed E-state index contributed by atoms with van der Waals surface area (Å²) in [7, 11) is 0. The lowest BCUT2D eigenvalue weighted by Crippen LogP contribution is -2.40. The van der Waals surface area contributed by atoms with Crippen molar-refractivity contribution in [1.82, 2.24) is 4.90 Å². The molecule has 0 radical (unpaired) electrons. The van der Waals surface area contributed by atoms with Crippen LogP contribution in [0.5, 0.6) is 0 Å². The molecule has 0 aromatic heterocycles. The number of hydrazone groups is 1. The predicted molar refractivity (Wildman–Crippen MR) is 78.8 cm³/mol. The van der Waals surface area contributed by atoms with Crippen molar-refractivity contribution in [2.75, 3.05) is 19.7 Å². The molecule has 0 aliphatic carbocycles. The molecule has 0 atom stereocenters. The third-order valence-corrected chi connectivity index (χ3v) is 2.76. The van der Waals surface area contributed by atoms with Gasteiger partial charge in [0.15, 0.2) is 5.71 Å². The Balaban J connectivity index is 2.69. The first-order chi connectivity index (χ1) is 9.78. The van der Waals surface area contributed by atoms with Crippen LogP contribution in [0.3, 0.4) is 0 Å². The van der Waals surface area contributed by atoms with Crippen molar-refractivity contribution >= 4 is 17.8 Å². The topological polar surface area (TPSA) is 94.2 Å². The Hall–Kier alpha value is -2.05. The molecule has 0 fully saturated rings. The number of rotatable bonds is 3. The van der Waals surface area contributed by atoms with E-state index in [9.17, 15) is 9.59 Å². The third kappa shape index (κ3) is 5.09. The maximum Gasteiger partial charge on any atom is 0.410 e. The fraction of sp³-hybridized carbons (Fsp3) is 0.643. The smallest absolute Gasteiger partial charge is 0.410 e. The molecule has 2 N–H and O–H groups in total. The van der Waals surface area contributed by atoms with Gasteiger partial charge >= 0.3 is 12.1 Å². The monoisotopic (exact) mass is 297 g/mol. The first-order valence-corrected chi connectivity index (χ1v) is 6.90. The van der Waals surface area contributed by atoms with Gasteiger partial charge in [-0.05, 0) is 39.7 Å². The number of ether oxygens (including phenoxy) is 2. The molecule has 118 valence electrons. The number of hydrogen-bond donors (Lipinski definition) is 1. The lowest BCUT2D eigenvalue weighted by molar-refractivity contribution is -0.135.